The van der Waals surface area contributed by atoms with Crippen LogP contribution in [0.5, 0.6) is 0 Å². The van der Waals surface area contributed by atoms with E-state index in [4.69, 9.17) is 11.6 Å². The minimum absolute atomic E-state index is 0.208. The van der Waals surface area contributed by atoms with Crippen LogP contribution in [0.1, 0.15) is 16.1 Å². The second kappa shape index (κ2) is 8.41. The molecule has 28 heavy (non-hydrogen) atoms. The molecular weight excluding hydrogens is 450 g/mol. The summed E-state index contributed by atoms with van der Waals surface area (Å²) >= 11 is 9.47. The van der Waals surface area contributed by atoms with Gasteiger partial charge in [0.15, 0.2) is 5.82 Å². The smallest absolute Gasteiger partial charge is 0.411 e. The number of halogens is 2. The first-order chi connectivity index (χ1) is 13.4. The van der Waals surface area contributed by atoms with Crippen LogP contribution in [0.15, 0.2) is 47.2 Å². The van der Waals surface area contributed by atoms with Crippen LogP contribution in [0.4, 0.5) is 16.2 Å². The lowest BCUT2D eigenvalue weighted by Crippen LogP contribution is -2.20. The Hall–Kier alpha value is -2.91. The van der Waals surface area contributed by atoms with Crippen molar-refractivity contribution in [2.75, 3.05) is 17.7 Å². The predicted octanol–water partition coefficient (Wildman–Crippen LogP) is 4.42. The molecule has 0 unspecified atom stereocenters. The molecule has 2 aromatic heterocycles. The highest BCUT2D eigenvalue weighted by atomic mass is 79.9. The number of pyridine rings is 1. The van der Waals surface area contributed by atoms with Gasteiger partial charge < -0.3 is 10.1 Å². The van der Waals surface area contributed by atoms with Crippen molar-refractivity contribution in [1.29, 1.82) is 0 Å². The van der Waals surface area contributed by atoms with Gasteiger partial charge in [0, 0.05) is 12.3 Å². The highest BCUT2D eigenvalue weighted by Crippen LogP contribution is 2.28. The Kier molecular flexibility index (Phi) is 5.96. The molecule has 144 valence electrons. The first-order valence-corrected chi connectivity index (χ1v) is 9.20. The zero-order chi connectivity index (χ0) is 20.3. The van der Waals surface area contributed by atoms with Gasteiger partial charge in [-0.1, -0.05) is 23.7 Å². The second-order valence-electron chi connectivity index (χ2n) is 5.64. The second-order valence-corrected chi connectivity index (χ2v) is 6.86. The Morgan fingerprint density at radius 3 is 2.71 bits per heavy atom. The number of ether oxygens (including phenoxy) is 1. The number of rotatable bonds is 4. The van der Waals surface area contributed by atoms with Gasteiger partial charge in [-0.3, -0.25) is 10.1 Å². The van der Waals surface area contributed by atoms with Gasteiger partial charge >= 0.3 is 6.09 Å². The van der Waals surface area contributed by atoms with Gasteiger partial charge in [-0.2, -0.15) is 5.10 Å². The van der Waals surface area contributed by atoms with Crippen LogP contribution < -0.4 is 10.6 Å². The first kappa shape index (κ1) is 19.8. The van der Waals surface area contributed by atoms with Crippen LogP contribution in [0, 0.1) is 6.92 Å². The minimum atomic E-state index is -0.644. The van der Waals surface area contributed by atoms with Gasteiger partial charge in [0.05, 0.1) is 23.5 Å². The van der Waals surface area contributed by atoms with E-state index in [1.54, 1.807) is 49.5 Å². The molecule has 3 aromatic rings. The molecule has 0 atom stereocenters. The van der Waals surface area contributed by atoms with Crippen LogP contribution in [-0.2, 0) is 4.74 Å². The highest BCUT2D eigenvalue weighted by molar-refractivity contribution is 9.10. The average molecular weight is 465 g/mol. The molecule has 3 rings (SSSR count). The van der Waals surface area contributed by atoms with Crippen LogP contribution in [0.25, 0.3) is 5.82 Å². The van der Waals surface area contributed by atoms with Gasteiger partial charge in [-0.25, -0.2) is 14.5 Å². The quantitative estimate of drug-likeness (QED) is 0.595. The van der Waals surface area contributed by atoms with Crippen molar-refractivity contribution < 1.29 is 14.3 Å². The number of aromatic nitrogens is 3. The standard InChI is InChI=1S/C18H15BrClN5O3/c1-10-5-3-7-12(22-18(27)28-2)15(10)23-17(26)13-9-14(19)24-25(13)16-11(20)6-4-8-21-16/h3-9H,1-2H3,(H,22,27)(H,23,26). The highest BCUT2D eigenvalue weighted by Gasteiger charge is 2.20. The third kappa shape index (κ3) is 4.15. The molecule has 2 N–H and O–H groups in total. The molecule has 0 saturated heterocycles. The normalized spacial score (nSPS) is 10.4. The number of nitrogens with zero attached hydrogens (tertiary/aromatic N) is 3. The van der Waals surface area contributed by atoms with Gasteiger partial charge in [-0.15, -0.1) is 0 Å². The number of methoxy groups -OCH3 is 1. The number of carbonyl (C=O) groups is 2. The average Bonchev–Trinajstić information content (AvgIpc) is 3.06. The van der Waals surface area contributed by atoms with Crippen molar-refractivity contribution in [3.8, 4) is 5.82 Å². The number of para-hydroxylation sites is 1. The van der Waals surface area contributed by atoms with Crippen LogP contribution in [-0.4, -0.2) is 33.9 Å². The van der Waals surface area contributed by atoms with Crippen molar-refractivity contribution >= 4 is 50.9 Å². The fourth-order valence-corrected chi connectivity index (χ4v) is 3.06. The summed E-state index contributed by atoms with van der Waals surface area (Å²) in [4.78, 5) is 28.8. The van der Waals surface area contributed by atoms with E-state index < -0.39 is 12.0 Å². The molecule has 2 amide bonds. The molecule has 0 aliphatic heterocycles. The van der Waals surface area contributed by atoms with Crippen molar-refractivity contribution in [2.45, 2.75) is 6.92 Å². The number of nitrogens with one attached hydrogen (secondary N) is 2. The van der Waals surface area contributed by atoms with Gasteiger partial charge in [0.2, 0.25) is 0 Å². The lowest BCUT2D eigenvalue weighted by molar-refractivity contribution is 0.101. The van der Waals surface area contributed by atoms with E-state index >= 15 is 0 Å². The number of carbonyl (C=O) groups excluding carboxylic acids is 2. The molecule has 0 radical (unpaired) electrons. The molecule has 2 heterocycles. The van der Waals surface area contributed by atoms with Crippen molar-refractivity contribution in [2.24, 2.45) is 0 Å². The number of hydrogen-bond donors (Lipinski definition) is 2. The summed E-state index contributed by atoms with van der Waals surface area (Å²) in [5.74, 6) is -0.139. The third-order valence-electron chi connectivity index (χ3n) is 3.79. The van der Waals surface area contributed by atoms with E-state index in [0.29, 0.717) is 26.8 Å². The molecule has 0 aliphatic rings. The third-order valence-corrected chi connectivity index (χ3v) is 4.47. The van der Waals surface area contributed by atoms with Gasteiger partial charge in [-0.05, 0) is 46.6 Å². The fourth-order valence-electron chi connectivity index (χ4n) is 2.49. The van der Waals surface area contributed by atoms with Crippen molar-refractivity contribution in [1.82, 2.24) is 14.8 Å². The Morgan fingerprint density at radius 2 is 2.00 bits per heavy atom. The zero-order valence-corrected chi connectivity index (χ0v) is 17.2. The van der Waals surface area contributed by atoms with E-state index in [1.807, 2.05) is 0 Å². The number of hydrogen-bond acceptors (Lipinski definition) is 5. The molecule has 10 heteroatoms. The molecular formula is C18H15BrClN5O3. The SMILES string of the molecule is COC(=O)Nc1cccc(C)c1NC(=O)c1cc(Br)nn1-c1ncccc1Cl. The maximum atomic E-state index is 13.0. The topological polar surface area (TPSA) is 98.1 Å². The Morgan fingerprint density at radius 1 is 1.21 bits per heavy atom. The maximum Gasteiger partial charge on any atom is 0.411 e. The Balaban J connectivity index is 1.98. The number of benzene rings is 1. The predicted molar refractivity (Wildman–Crippen MR) is 109 cm³/mol. The molecule has 0 fully saturated rings. The largest absolute Gasteiger partial charge is 0.453 e. The maximum absolute atomic E-state index is 13.0. The van der Waals surface area contributed by atoms with Crippen molar-refractivity contribution in [3.05, 3.63) is 63.5 Å². The summed E-state index contributed by atoms with van der Waals surface area (Å²) in [5, 5.41) is 9.97. The molecule has 0 saturated carbocycles. The number of anilines is 2. The lowest BCUT2D eigenvalue weighted by Gasteiger charge is -2.15. The summed E-state index contributed by atoms with van der Waals surface area (Å²) in [6.07, 6.45) is 0.909. The molecule has 8 nitrogen and oxygen atoms in total. The van der Waals surface area contributed by atoms with Gasteiger partial charge in [0.25, 0.3) is 5.91 Å². The summed E-state index contributed by atoms with van der Waals surface area (Å²) in [5.41, 5.74) is 1.80. The number of amides is 2. The summed E-state index contributed by atoms with van der Waals surface area (Å²) in [7, 11) is 1.26. The summed E-state index contributed by atoms with van der Waals surface area (Å²) in [6, 6.07) is 10.1. The van der Waals surface area contributed by atoms with Crippen LogP contribution >= 0.6 is 27.5 Å². The Labute approximate surface area is 174 Å². The molecule has 1 aromatic carbocycles. The number of aryl methyl sites for hydroxylation is 1. The monoisotopic (exact) mass is 463 g/mol. The van der Waals surface area contributed by atoms with Crippen LogP contribution in [0.3, 0.4) is 0 Å². The first-order valence-electron chi connectivity index (χ1n) is 8.03. The zero-order valence-electron chi connectivity index (χ0n) is 14.9. The van der Waals surface area contributed by atoms with Gasteiger partial charge in [0.1, 0.15) is 10.3 Å². The van der Waals surface area contributed by atoms with Crippen molar-refractivity contribution in [3.63, 3.8) is 0 Å². The molecule has 0 bridgehead atoms. The van der Waals surface area contributed by atoms with Crippen LogP contribution in [0.2, 0.25) is 5.02 Å². The fraction of sp³-hybridized carbons (Fsp3) is 0.111. The van der Waals surface area contributed by atoms with E-state index in [1.165, 1.54) is 11.8 Å². The molecule has 0 aliphatic carbocycles. The summed E-state index contributed by atoms with van der Waals surface area (Å²) < 4.78 is 6.41. The lowest BCUT2D eigenvalue weighted by atomic mass is 10.1. The van der Waals surface area contributed by atoms with E-state index in [0.717, 1.165) is 5.56 Å². The van der Waals surface area contributed by atoms with E-state index in [9.17, 15) is 9.59 Å². The minimum Gasteiger partial charge on any atom is -0.453 e. The van der Waals surface area contributed by atoms with E-state index in [2.05, 4.69) is 41.4 Å². The molecule has 0 spiro atoms. The summed E-state index contributed by atoms with van der Waals surface area (Å²) in [6.45, 7) is 1.81. The van der Waals surface area contributed by atoms with E-state index in [-0.39, 0.29) is 5.69 Å². The Bertz CT molecular complexity index is 1050.